The van der Waals surface area contributed by atoms with Crippen LogP contribution in [0.2, 0.25) is 0 Å². The molecule has 1 aliphatic rings. The van der Waals surface area contributed by atoms with Gasteiger partial charge >= 0.3 is 0 Å². The minimum Gasteiger partial charge on any atom is -0.497 e. The summed E-state index contributed by atoms with van der Waals surface area (Å²) in [6.07, 6.45) is 0. The van der Waals surface area contributed by atoms with E-state index in [0.29, 0.717) is 16.9 Å². The molecule has 0 spiro atoms. The summed E-state index contributed by atoms with van der Waals surface area (Å²) in [5.41, 5.74) is 2.62. The molecule has 0 aromatic heterocycles. The average Bonchev–Trinajstić information content (AvgIpc) is 2.88. The third kappa shape index (κ3) is 3.68. The van der Waals surface area contributed by atoms with E-state index >= 15 is 0 Å². The molecule has 5 heteroatoms. The Bertz CT molecular complexity index is 1420. The molecule has 5 nitrogen and oxygen atoms in total. The second-order valence-electron chi connectivity index (χ2n) is 7.68. The SMILES string of the molecule is COc1ccc([C@H]2C(C#N)=C(NC(=O)c3ccccc3)Oc3ccc4ccccc4c32)cc1. The van der Waals surface area contributed by atoms with Crippen LogP contribution in [0.3, 0.4) is 0 Å². The molecule has 0 fully saturated rings. The Morgan fingerprint density at radius 3 is 2.39 bits per heavy atom. The number of ether oxygens (including phenoxy) is 2. The predicted molar refractivity (Wildman–Crippen MR) is 126 cm³/mol. The van der Waals surface area contributed by atoms with Crippen molar-refractivity contribution in [1.29, 1.82) is 5.26 Å². The maximum Gasteiger partial charge on any atom is 0.257 e. The molecule has 4 aromatic carbocycles. The van der Waals surface area contributed by atoms with Crippen molar-refractivity contribution in [2.24, 2.45) is 0 Å². The molecule has 5 rings (SSSR count). The number of nitrogens with zero attached hydrogens (tertiary/aromatic N) is 1. The van der Waals surface area contributed by atoms with Gasteiger partial charge in [-0.2, -0.15) is 5.26 Å². The second-order valence-corrected chi connectivity index (χ2v) is 7.68. The van der Waals surface area contributed by atoms with E-state index in [1.807, 2.05) is 66.7 Å². The van der Waals surface area contributed by atoms with E-state index in [9.17, 15) is 10.1 Å². The van der Waals surface area contributed by atoms with Crippen LogP contribution < -0.4 is 14.8 Å². The fourth-order valence-corrected chi connectivity index (χ4v) is 4.21. The Labute approximate surface area is 191 Å². The zero-order chi connectivity index (χ0) is 22.8. The molecule has 0 unspecified atom stereocenters. The lowest BCUT2D eigenvalue weighted by molar-refractivity contribution is 0.0947. The Morgan fingerprint density at radius 1 is 0.939 bits per heavy atom. The van der Waals surface area contributed by atoms with Gasteiger partial charge in [0, 0.05) is 11.1 Å². The van der Waals surface area contributed by atoms with E-state index in [-0.39, 0.29) is 11.8 Å². The first kappa shape index (κ1) is 20.3. The van der Waals surface area contributed by atoms with E-state index in [1.54, 1.807) is 31.4 Å². The quantitative estimate of drug-likeness (QED) is 0.460. The van der Waals surface area contributed by atoms with Gasteiger partial charge in [0.15, 0.2) is 0 Å². The van der Waals surface area contributed by atoms with Crippen LogP contribution in [-0.4, -0.2) is 13.0 Å². The van der Waals surface area contributed by atoms with E-state index in [1.165, 1.54) is 0 Å². The van der Waals surface area contributed by atoms with E-state index < -0.39 is 5.92 Å². The number of nitriles is 1. The van der Waals surface area contributed by atoms with Gasteiger partial charge in [0.05, 0.1) is 13.0 Å². The van der Waals surface area contributed by atoms with Crippen LogP contribution in [0.5, 0.6) is 11.5 Å². The predicted octanol–water partition coefficient (Wildman–Crippen LogP) is 5.54. The lowest BCUT2D eigenvalue weighted by atomic mass is 9.81. The van der Waals surface area contributed by atoms with Crippen LogP contribution in [0.25, 0.3) is 10.8 Å². The zero-order valence-corrected chi connectivity index (χ0v) is 17.9. The molecule has 1 atom stereocenters. The fraction of sp³-hybridized carbons (Fsp3) is 0.0714. The summed E-state index contributed by atoms with van der Waals surface area (Å²) >= 11 is 0. The van der Waals surface area contributed by atoms with Crippen molar-refractivity contribution in [3.8, 4) is 17.6 Å². The number of amides is 1. The highest BCUT2D eigenvalue weighted by atomic mass is 16.5. The van der Waals surface area contributed by atoms with Gasteiger partial charge in [0.25, 0.3) is 5.91 Å². The number of hydrogen-bond donors (Lipinski definition) is 1. The zero-order valence-electron chi connectivity index (χ0n) is 17.9. The van der Waals surface area contributed by atoms with E-state index in [2.05, 4.69) is 11.4 Å². The first-order valence-corrected chi connectivity index (χ1v) is 10.5. The summed E-state index contributed by atoms with van der Waals surface area (Å²) < 4.78 is 11.4. The van der Waals surface area contributed by atoms with Crippen LogP contribution in [0.1, 0.15) is 27.4 Å². The number of nitrogens with one attached hydrogen (secondary N) is 1. The maximum absolute atomic E-state index is 12.9. The van der Waals surface area contributed by atoms with Crippen LogP contribution in [0, 0.1) is 11.3 Å². The van der Waals surface area contributed by atoms with Crippen molar-refractivity contribution in [3.63, 3.8) is 0 Å². The summed E-state index contributed by atoms with van der Waals surface area (Å²) in [5.74, 6) is 0.730. The molecule has 4 aromatic rings. The summed E-state index contributed by atoms with van der Waals surface area (Å²) in [6, 6.07) is 30.6. The number of fused-ring (bicyclic) bond motifs is 3. The number of methoxy groups -OCH3 is 1. The summed E-state index contributed by atoms with van der Waals surface area (Å²) in [4.78, 5) is 12.9. The topological polar surface area (TPSA) is 71.3 Å². The summed E-state index contributed by atoms with van der Waals surface area (Å²) in [7, 11) is 1.62. The average molecular weight is 432 g/mol. The third-order valence-electron chi connectivity index (χ3n) is 5.80. The largest absolute Gasteiger partial charge is 0.497 e. The maximum atomic E-state index is 12.9. The first-order valence-electron chi connectivity index (χ1n) is 10.5. The Hall–Kier alpha value is -4.56. The lowest BCUT2D eigenvalue weighted by Crippen LogP contribution is -2.31. The number of carbonyl (C=O) groups is 1. The standard InChI is InChI=1S/C28H20N2O3/c1-32-21-14-11-19(12-15-21)25-23(17-29)28(30-27(31)20-8-3-2-4-9-20)33-24-16-13-18-7-5-6-10-22(18)26(24)25/h2-16,25H,1H3,(H,30,31)/t25-/m0/s1. The summed E-state index contributed by atoms with van der Waals surface area (Å²) in [5, 5.41) is 15.1. The number of rotatable bonds is 4. The van der Waals surface area contributed by atoms with Gasteiger partial charge < -0.3 is 9.47 Å². The summed E-state index contributed by atoms with van der Waals surface area (Å²) in [6.45, 7) is 0. The molecule has 1 heterocycles. The molecular formula is C28H20N2O3. The molecule has 0 saturated heterocycles. The molecule has 0 radical (unpaired) electrons. The minimum absolute atomic E-state index is 0.148. The molecule has 0 saturated carbocycles. The van der Waals surface area contributed by atoms with Crippen LogP contribution in [0.15, 0.2) is 102 Å². The monoisotopic (exact) mass is 432 g/mol. The smallest absolute Gasteiger partial charge is 0.257 e. The Kier molecular flexibility index (Phi) is 5.26. The van der Waals surface area contributed by atoms with Crippen LogP contribution in [-0.2, 0) is 0 Å². The lowest BCUT2D eigenvalue weighted by Gasteiger charge is -2.29. The van der Waals surface area contributed by atoms with Crippen molar-refractivity contribution >= 4 is 16.7 Å². The van der Waals surface area contributed by atoms with Gasteiger partial charge in [0.1, 0.15) is 23.1 Å². The highest BCUT2D eigenvalue weighted by Gasteiger charge is 2.34. The number of allylic oxidation sites excluding steroid dienone is 1. The number of hydrogen-bond acceptors (Lipinski definition) is 4. The minimum atomic E-state index is -0.415. The molecule has 0 aliphatic carbocycles. The Morgan fingerprint density at radius 2 is 1.67 bits per heavy atom. The van der Waals surface area contributed by atoms with Crippen molar-refractivity contribution in [2.45, 2.75) is 5.92 Å². The highest BCUT2D eigenvalue weighted by Crippen LogP contribution is 2.46. The van der Waals surface area contributed by atoms with Gasteiger partial charge in [-0.25, -0.2) is 0 Å². The van der Waals surface area contributed by atoms with Crippen LogP contribution in [0.4, 0.5) is 0 Å². The molecule has 1 N–H and O–H groups in total. The molecule has 0 bridgehead atoms. The van der Waals surface area contributed by atoms with Gasteiger partial charge in [-0.3, -0.25) is 10.1 Å². The second kappa shape index (κ2) is 8.52. The number of carbonyl (C=O) groups excluding carboxylic acids is 1. The van der Waals surface area contributed by atoms with Gasteiger partial charge in [-0.1, -0.05) is 60.7 Å². The fourth-order valence-electron chi connectivity index (χ4n) is 4.21. The first-order chi connectivity index (χ1) is 16.2. The van der Waals surface area contributed by atoms with Crippen molar-refractivity contribution in [1.82, 2.24) is 5.32 Å². The third-order valence-corrected chi connectivity index (χ3v) is 5.80. The van der Waals surface area contributed by atoms with Gasteiger partial charge in [-0.15, -0.1) is 0 Å². The molecule has 1 aliphatic heterocycles. The highest BCUT2D eigenvalue weighted by molar-refractivity contribution is 5.96. The normalized spacial score (nSPS) is 14.7. The van der Waals surface area contributed by atoms with E-state index in [4.69, 9.17) is 9.47 Å². The van der Waals surface area contributed by atoms with Crippen molar-refractivity contribution in [2.75, 3.05) is 7.11 Å². The van der Waals surface area contributed by atoms with Crippen LogP contribution >= 0.6 is 0 Å². The Balaban J connectivity index is 1.68. The van der Waals surface area contributed by atoms with Crippen molar-refractivity contribution in [3.05, 3.63) is 119 Å². The molecule has 33 heavy (non-hydrogen) atoms. The van der Waals surface area contributed by atoms with Gasteiger partial charge in [0.2, 0.25) is 5.88 Å². The van der Waals surface area contributed by atoms with Gasteiger partial charge in [-0.05, 0) is 46.7 Å². The van der Waals surface area contributed by atoms with Crippen molar-refractivity contribution < 1.29 is 14.3 Å². The number of benzene rings is 4. The molecule has 160 valence electrons. The molecule has 1 amide bonds. The van der Waals surface area contributed by atoms with E-state index in [0.717, 1.165) is 27.6 Å². The molecular weight excluding hydrogens is 412 g/mol.